The number of rotatable bonds is 0. The number of aliphatic imine (C=N–C) groups is 3. The molecule has 60 valence electrons. The maximum absolute atomic E-state index is 11.1. The highest BCUT2D eigenvalue weighted by atomic mass is 16.2. The molecule has 6 nitrogen and oxygen atoms in total. The number of carbonyl (C=O) groups is 2. The first-order valence-corrected chi connectivity index (χ1v) is 3.28. The largest absolute Gasteiger partial charge is 0.341 e. The van der Waals surface area contributed by atoms with Gasteiger partial charge in [-0.15, -0.1) is 0 Å². The van der Waals surface area contributed by atoms with Crippen molar-refractivity contribution in [2.24, 2.45) is 15.0 Å². The van der Waals surface area contributed by atoms with Crippen LogP contribution in [-0.2, 0) is 9.59 Å². The van der Waals surface area contributed by atoms with Crippen LogP contribution < -0.4 is 5.32 Å². The molecule has 12 heavy (non-hydrogen) atoms. The number of nitrogens with zero attached hydrogens (tertiary/aromatic N) is 3. The summed E-state index contributed by atoms with van der Waals surface area (Å²) in [5, 5.41) is 2.35. The molecule has 2 rings (SSSR count). The molecule has 2 heterocycles. The van der Waals surface area contributed by atoms with Crippen molar-refractivity contribution in [3.63, 3.8) is 0 Å². The Kier molecular flexibility index (Phi) is 1.33. The molecule has 0 aromatic carbocycles. The van der Waals surface area contributed by atoms with E-state index in [1.165, 1.54) is 6.34 Å². The van der Waals surface area contributed by atoms with Gasteiger partial charge < -0.3 is 5.32 Å². The molecule has 0 atom stereocenters. The Bertz CT molecular complexity index is 353. The molecule has 2 aliphatic rings. The number of hydrogen-bond acceptors (Lipinski definition) is 4. The molecule has 2 aliphatic heterocycles. The molecular weight excluding hydrogens is 160 g/mol. The first-order chi connectivity index (χ1) is 5.77. The molecule has 0 aliphatic carbocycles. The van der Waals surface area contributed by atoms with Gasteiger partial charge in [0.15, 0.2) is 11.5 Å². The molecule has 0 saturated carbocycles. The first-order valence-electron chi connectivity index (χ1n) is 3.28. The Morgan fingerprint density at radius 1 is 1.42 bits per heavy atom. The Morgan fingerprint density at radius 3 is 3.08 bits per heavy atom. The van der Waals surface area contributed by atoms with E-state index in [1.54, 1.807) is 0 Å². The van der Waals surface area contributed by atoms with Gasteiger partial charge in [-0.1, -0.05) is 0 Å². The van der Waals surface area contributed by atoms with Crippen LogP contribution in [0.2, 0.25) is 0 Å². The minimum Gasteiger partial charge on any atom is -0.341 e. The standard InChI is InChI=1S/C6H4N4O2/c11-3-1-7-6(12)4-5(10-3)9-2-8-4/h2H,1H2,(H,7,12). The van der Waals surface area contributed by atoms with Gasteiger partial charge >= 0.3 is 0 Å². The number of nitrogens with one attached hydrogen (secondary N) is 1. The monoisotopic (exact) mass is 164 g/mol. The van der Waals surface area contributed by atoms with Crippen molar-refractivity contribution < 1.29 is 9.59 Å². The van der Waals surface area contributed by atoms with E-state index in [4.69, 9.17) is 0 Å². The third-order valence-electron chi connectivity index (χ3n) is 1.42. The summed E-state index contributed by atoms with van der Waals surface area (Å²) < 4.78 is 0. The zero-order valence-corrected chi connectivity index (χ0v) is 5.94. The fraction of sp³-hybridized carbons (Fsp3) is 0.167. The first kappa shape index (κ1) is 6.84. The van der Waals surface area contributed by atoms with E-state index >= 15 is 0 Å². The Labute approximate surface area is 67.1 Å². The molecule has 0 radical (unpaired) electrons. The van der Waals surface area contributed by atoms with E-state index in [0.717, 1.165) is 0 Å². The van der Waals surface area contributed by atoms with Gasteiger partial charge in [0.1, 0.15) is 6.34 Å². The summed E-state index contributed by atoms with van der Waals surface area (Å²) in [6.45, 7) is -0.0864. The van der Waals surface area contributed by atoms with Crippen LogP contribution in [0.25, 0.3) is 0 Å². The van der Waals surface area contributed by atoms with Crippen LogP contribution in [0.15, 0.2) is 15.0 Å². The van der Waals surface area contributed by atoms with Gasteiger partial charge in [0.25, 0.3) is 11.8 Å². The van der Waals surface area contributed by atoms with Gasteiger partial charge in [-0.3, -0.25) is 9.59 Å². The Hall–Kier alpha value is -1.85. The SMILES string of the molecule is O=C1CNC(=O)C2=NC=NC2=N1. The van der Waals surface area contributed by atoms with E-state index in [-0.39, 0.29) is 18.1 Å². The van der Waals surface area contributed by atoms with Gasteiger partial charge in [-0.25, -0.2) is 9.98 Å². The predicted molar refractivity (Wildman–Crippen MR) is 41.4 cm³/mol. The topological polar surface area (TPSA) is 83.2 Å². The van der Waals surface area contributed by atoms with Gasteiger partial charge in [0.2, 0.25) is 0 Å². The molecule has 1 N–H and O–H groups in total. The third kappa shape index (κ3) is 0.931. The quantitative estimate of drug-likeness (QED) is 0.473. The van der Waals surface area contributed by atoms with Crippen LogP contribution in [0.5, 0.6) is 0 Å². The molecule has 0 spiro atoms. The van der Waals surface area contributed by atoms with Crippen molar-refractivity contribution in [3.8, 4) is 0 Å². The predicted octanol–water partition coefficient (Wildman–Crippen LogP) is -1.48. The molecular formula is C6H4N4O2. The van der Waals surface area contributed by atoms with E-state index < -0.39 is 11.8 Å². The average molecular weight is 164 g/mol. The minimum absolute atomic E-state index is 0.0864. The summed E-state index contributed by atoms with van der Waals surface area (Å²) in [7, 11) is 0. The molecule has 0 fully saturated rings. The van der Waals surface area contributed by atoms with Crippen molar-refractivity contribution in [1.82, 2.24) is 5.32 Å². The van der Waals surface area contributed by atoms with E-state index in [2.05, 4.69) is 20.3 Å². The Morgan fingerprint density at radius 2 is 2.25 bits per heavy atom. The number of carbonyl (C=O) groups excluding carboxylic acids is 2. The van der Waals surface area contributed by atoms with E-state index in [0.29, 0.717) is 0 Å². The lowest BCUT2D eigenvalue weighted by atomic mass is 10.3. The second-order valence-corrected chi connectivity index (χ2v) is 2.23. The maximum Gasteiger partial charge on any atom is 0.274 e. The fourth-order valence-corrected chi connectivity index (χ4v) is 0.899. The fourth-order valence-electron chi connectivity index (χ4n) is 0.899. The zero-order valence-electron chi connectivity index (χ0n) is 5.94. The molecule has 6 heteroatoms. The molecule has 0 aromatic heterocycles. The van der Waals surface area contributed by atoms with Crippen molar-refractivity contribution in [2.45, 2.75) is 0 Å². The molecule has 2 amide bonds. The summed E-state index contributed by atoms with van der Waals surface area (Å²) in [5.74, 6) is -0.713. The van der Waals surface area contributed by atoms with Crippen LogP contribution in [0.1, 0.15) is 0 Å². The molecule has 0 aromatic rings. The summed E-state index contributed by atoms with van der Waals surface area (Å²) in [6, 6.07) is 0. The van der Waals surface area contributed by atoms with Crippen molar-refractivity contribution in [2.75, 3.05) is 6.54 Å². The van der Waals surface area contributed by atoms with Crippen molar-refractivity contribution >= 4 is 29.7 Å². The van der Waals surface area contributed by atoms with E-state index in [1.807, 2.05) is 0 Å². The molecule has 0 bridgehead atoms. The highest BCUT2D eigenvalue weighted by molar-refractivity contribution is 6.70. The summed E-state index contributed by atoms with van der Waals surface area (Å²) in [4.78, 5) is 32.8. The van der Waals surface area contributed by atoms with Gasteiger partial charge in [-0.05, 0) is 0 Å². The van der Waals surface area contributed by atoms with Crippen LogP contribution in [0, 0.1) is 0 Å². The van der Waals surface area contributed by atoms with Gasteiger partial charge in [0, 0.05) is 0 Å². The number of hydrogen-bond donors (Lipinski definition) is 1. The molecule has 0 saturated heterocycles. The lowest BCUT2D eigenvalue weighted by Crippen LogP contribution is -2.33. The molecule has 0 unspecified atom stereocenters. The Balaban J connectivity index is 2.46. The van der Waals surface area contributed by atoms with Crippen molar-refractivity contribution in [3.05, 3.63) is 0 Å². The highest BCUT2D eigenvalue weighted by Crippen LogP contribution is 1.98. The smallest absolute Gasteiger partial charge is 0.274 e. The van der Waals surface area contributed by atoms with Crippen LogP contribution >= 0.6 is 0 Å². The lowest BCUT2D eigenvalue weighted by molar-refractivity contribution is -0.120. The summed E-state index contributed by atoms with van der Waals surface area (Å²) in [5.41, 5.74) is 0.112. The normalized spacial score (nSPS) is 21.0. The zero-order chi connectivity index (χ0) is 8.55. The van der Waals surface area contributed by atoms with Gasteiger partial charge in [-0.2, -0.15) is 4.99 Å². The van der Waals surface area contributed by atoms with Gasteiger partial charge in [0.05, 0.1) is 6.54 Å². The second kappa shape index (κ2) is 2.33. The number of amidine groups is 1. The van der Waals surface area contributed by atoms with Crippen molar-refractivity contribution in [1.29, 1.82) is 0 Å². The second-order valence-electron chi connectivity index (χ2n) is 2.23. The van der Waals surface area contributed by atoms with Crippen LogP contribution in [0.3, 0.4) is 0 Å². The van der Waals surface area contributed by atoms with Crippen LogP contribution in [0.4, 0.5) is 0 Å². The highest BCUT2D eigenvalue weighted by Gasteiger charge is 2.24. The number of fused-ring (bicyclic) bond motifs is 1. The average Bonchev–Trinajstić information content (AvgIpc) is 2.44. The maximum atomic E-state index is 11.1. The summed E-state index contributed by atoms with van der Waals surface area (Å²) in [6.07, 6.45) is 1.20. The number of amides is 2. The van der Waals surface area contributed by atoms with E-state index in [9.17, 15) is 9.59 Å². The lowest BCUT2D eigenvalue weighted by Gasteiger charge is -1.94. The summed E-state index contributed by atoms with van der Waals surface area (Å²) >= 11 is 0. The van der Waals surface area contributed by atoms with Crippen LogP contribution in [-0.4, -0.2) is 36.2 Å². The third-order valence-corrected chi connectivity index (χ3v) is 1.42. The minimum atomic E-state index is -0.414.